The fourth-order valence-electron chi connectivity index (χ4n) is 2.79. The van der Waals surface area contributed by atoms with Gasteiger partial charge in [0.2, 0.25) is 0 Å². The van der Waals surface area contributed by atoms with E-state index in [0.29, 0.717) is 26.9 Å². The van der Waals surface area contributed by atoms with Gasteiger partial charge in [0.1, 0.15) is 0 Å². The number of halogens is 1. The lowest BCUT2D eigenvalue weighted by atomic mass is 10.0. The van der Waals surface area contributed by atoms with E-state index in [1.54, 1.807) is 24.3 Å². The van der Waals surface area contributed by atoms with Crippen molar-refractivity contribution in [3.05, 3.63) is 69.1 Å². The Hall–Kier alpha value is -2.04. The lowest BCUT2D eigenvalue weighted by Crippen LogP contribution is -2.31. The highest BCUT2D eigenvalue weighted by Crippen LogP contribution is 2.40. The van der Waals surface area contributed by atoms with Crippen molar-refractivity contribution in [2.75, 3.05) is 10.7 Å². The smallest absolute Gasteiger partial charge is 0.268 e. The normalized spacial score (nSPS) is 14.6. The monoisotopic (exact) mass is 371 g/mol. The van der Waals surface area contributed by atoms with Gasteiger partial charge in [0.15, 0.2) is 0 Å². The van der Waals surface area contributed by atoms with Gasteiger partial charge in [-0.15, -0.1) is 11.8 Å². The van der Waals surface area contributed by atoms with E-state index in [1.807, 2.05) is 39.0 Å². The predicted octanol–water partition coefficient (Wildman–Crippen LogP) is 4.99. The molecule has 2 aromatic carbocycles. The van der Waals surface area contributed by atoms with Gasteiger partial charge in [-0.3, -0.25) is 9.59 Å². The van der Waals surface area contributed by atoms with Crippen LogP contribution in [-0.4, -0.2) is 17.6 Å². The topological polar surface area (TPSA) is 37.4 Å². The molecule has 2 amide bonds. The first-order chi connectivity index (χ1) is 12.0. The molecule has 0 N–H and O–H groups in total. The van der Waals surface area contributed by atoms with E-state index in [4.69, 9.17) is 11.6 Å². The Kier molecular flexibility index (Phi) is 5.02. The van der Waals surface area contributed by atoms with E-state index in [9.17, 15) is 9.59 Å². The largest absolute Gasteiger partial charge is 0.272 e. The number of carbonyl (C=O) groups is 2. The molecular weight excluding hydrogens is 354 g/mol. The molecule has 3 rings (SSSR count). The van der Waals surface area contributed by atoms with Gasteiger partial charge in [0, 0.05) is 0 Å². The Balaban J connectivity index is 2.14. The van der Waals surface area contributed by atoms with Crippen molar-refractivity contribution in [3.8, 4) is 0 Å². The highest BCUT2D eigenvalue weighted by molar-refractivity contribution is 8.04. The first-order valence-corrected chi connectivity index (χ1v) is 9.40. The van der Waals surface area contributed by atoms with Crippen LogP contribution in [0.3, 0.4) is 0 Å². The second kappa shape index (κ2) is 7.06. The number of amides is 2. The molecule has 0 radical (unpaired) electrons. The maximum Gasteiger partial charge on any atom is 0.272 e. The summed E-state index contributed by atoms with van der Waals surface area (Å²) in [6.45, 7) is 5.98. The summed E-state index contributed by atoms with van der Waals surface area (Å²) in [6.07, 6.45) is 0. The van der Waals surface area contributed by atoms with Crippen molar-refractivity contribution < 1.29 is 9.59 Å². The van der Waals surface area contributed by atoms with Crippen LogP contribution >= 0.6 is 23.4 Å². The number of imide groups is 1. The Morgan fingerprint density at radius 3 is 2.36 bits per heavy atom. The predicted molar refractivity (Wildman–Crippen MR) is 105 cm³/mol. The van der Waals surface area contributed by atoms with Crippen LogP contribution < -0.4 is 4.90 Å². The number of nitrogens with zero attached hydrogens (tertiary/aromatic N) is 1. The zero-order valence-corrected chi connectivity index (χ0v) is 15.9. The summed E-state index contributed by atoms with van der Waals surface area (Å²) in [5.74, 6) is 0.0782. The molecule has 0 unspecified atom stereocenters. The van der Waals surface area contributed by atoms with E-state index in [0.717, 1.165) is 16.7 Å². The third kappa shape index (κ3) is 3.12. The van der Waals surface area contributed by atoms with Crippen molar-refractivity contribution in [2.45, 2.75) is 20.8 Å². The molecule has 0 saturated heterocycles. The molecule has 0 saturated carbocycles. The van der Waals surface area contributed by atoms with Crippen LogP contribution in [0.15, 0.2) is 47.4 Å². The third-order valence-corrected chi connectivity index (χ3v) is 5.49. The van der Waals surface area contributed by atoms with E-state index in [1.165, 1.54) is 16.7 Å². The molecule has 1 heterocycles. The molecule has 0 spiro atoms. The molecule has 5 heteroatoms. The molecule has 3 nitrogen and oxygen atoms in total. The number of anilines is 1. The highest BCUT2D eigenvalue weighted by Gasteiger charge is 2.40. The van der Waals surface area contributed by atoms with Crippen molar-refractivity contribution in [3.63, 3.8) is 0 Å². The van der Waals surface area contributed by atoms with E-state index in [-0.39, 0.29) is 11.8 Å². The number of hydrogen-bond acceptors (Lipinski definition) is 3. The number of hydrogen-bond donors (Lipinski definition) is 0. The minimum Gasteiger partial charge on any atom is -0.268 e. The summed E-state index contributed by atoms with van der Waals surface area (Å²) in [6, 6.07) is 12.7. The van der Waals surface area contributed by atoms with Crippen LogP contribution in [-0.2, 0) is 9.59 Å². The fourth-order valence-corrected chi connectivity index (χ4v) is 3.86. The highest BCUT2D eigenvalue weighted by atomic mass is 35.5. The molecular formula is C20H18ClNO2S. The number of para-hydroxylation sites is 1. The van der Waals surface area contributed by atoms with Crippen LogP contribution in [0.2, 0.25) is 5.02 Å². The first-order valence-electron chi connectivity index (χ1n) is 8.03. The van der Waals surface area contributed by atoms with Crippen molar-refractivity contribution in [2.24, 2.45) is 0 Å². The molecule has 0 aromatic heterocycles. The summed E-state index contributed by atoms with van der Waals surface area (Å²) in [4.78, 5) is 27.8. The number of benzene rings is 2. The maximum absolute atomic E-state index is 13.1. The molecule has 0 aliphatic carbocycles. The molecule has 128 valence electrons. The van der Waals surface area contributed by atoms with E-state index in [2.05, 4.69) is 0 Å². The Morgan fingerprint density at radius 2 is 1.72 bits per heavy atom. The van der Waals surface area contributed by atoms with Gasteiger partial charge in [-0.2, -0.15) is 0 Å². The molecule has 0 fully saturated rings. The van der Waals surface area contributed by atoms with Crippen LogP contribution in [0.5, 0.6) is 0 Å². The SMILES string of the molecule is CCSC1=C(c2ccc(C)c(C)c2)C(=O)N(c2ccccc2Cl)C1=O. The van der Waals surface area contributed by atoms with Crippen LogP contribution in [0.25, 0.3) is 5.57 Å². The molecule has 1 aliphatic heterocycles. The first kappa shape index (κ1) is 17.8. The summed E-state index contributed by atoms with van der Waals surface area (Å²) >= 11 is 7.62. The second-order valence-electron chi connectivity index (χ2n) is 5.83. The van der Waals surface area contributed by atoms with Crippen LogP contribution in [0.1, 0.15) is 23.6 Å². The van der Waals surface area contributed by atoms with Gasteiger partial charge < -0.3 is 0 Å². The zero-order valence-electron chi connectivity index (χ0n) is 14.3. The van der Waals surface area contributed by atoms with Gasteiger partial charge >= 0.3 is 0 Å². The lowest BCUT2D eigenvalue weighted by molar-refractivity contribution is -0.119. The quantitative estimate of drug-likeness (QED) is 0.710. The summed E-state index contributed by atoms with van der Waals surface area (Å²) in [5, 5.41) is 0.381. The second-order valence-corrected chi connectivity index (χ2v) is 7.51. The van der Waals surface area contributed by atoms with Crippen molar-refractivity contribution in [1.82, 2.24) is 0 Å². The van der Waals surface area contributed by atoms with Gasteiger partial charge in [0.05, 0.1) is 21.2 Å². The maximum atomic E-state index is 13.1. The number of rotatable bonds is 4. The summed E-state index contributed by atoms with van der Waals surface area (Å²) < 4.78 is 0. The lowest BCUT2D eigenvalue weighted by Gasteiger charge is -2.16. The van der Waals surface area contributed by atoms with Gasteiger partial charge in [-0.25, -0.2) is 4.90 Å². The number of carbonyl (C=O) groups excluding carboxylic acids is 2. The summed E-state index contributed by atoms with van der Waals surface area (Å²) in [7, 11) is 0. The molecule has 1 aliphatic rings. The Bertz CT molecular complexity index is 904. The third-order valence-electron chi connectivity index (χ3n) is 4.22. The average molecular weight is 372 g/mol. The van der Waals surface area contributed by atoms with Gasteiger partial charge in [0.25, 0.3) is 11.8 Å². The zero-order chi connectivity index (χ0) is 18.1. The standard InChI is InChI=1S/C20H18ClNO2S/c1-4-25-18-17(14-10-9-12(2)13(3)11-14)19(23)22(20(18)24)16-8-6-5-7-15(16)21/h5-11H,4H2,1-3H3. The van der Waals surface area contributed by atoms with E-state index >= 15 is 0 Å². The number of thioether (sulfide) groups is 1. The fraction of sp³-hybridized carbons (Fsp3) is 0.200. The molecule has 2 aromatic rings. The minimum atomic E-state index is -0.322. The average Bonchev–Trinajstić information content (AvgIpc) is 2.82. The Labute approximate surface area is 156 Å². The van der Waals surface area contributed by atoms with Gasteiger partial charge in [-0.05, 0) is 48.4 Å². The van der Waals surface area contributed by atoms with Crippen molar-refractivity contribution in [1.29, 1.82) is 0 Å². The van der Waals surface area contributed by atoms with E-state index < -0.39 is 0 Å². The molecule has 0 bridgehead atoms. The molecule has 0 atom stereocenters. The number of aryl methyl sites for hydroxylation is 2. The van der Waals surface area contributed by atoms with Crippen LogP contribution in [0.4, 0.5) is 5.69 Å². The molecule has 25 heavy (non-hydrogen) atoms. The minimum absolute atomic E-state index is 0.307. The Morgan fingerprint density at radius 1 is 1.00 bits per heavy atom. The van der Waals surface area contributed by atoms with Gasteiger partial charge in [-0.1, -0.05) is 48.9 Å². The van der Waals surface area contributed by atoms with Crippen LogP contribution in [0, 0.1) is 13.8 Å². The van der Waals surface area contributed by atoms with Crippen molar-refractivity contribution >= 4 is 46.4 Å². The summed E-state index contributed by atoms with van der Waals surface area (Å²) in [5.41, 5.74) is 3.88.